The smallest absolute Gasteiger partial charge is 0.262 e. The molecule has 6 heteroatoms. The van der Waals surface area contributed by atoms with E-state index in [1.54, 1.807) is 10.9 Å². The summed E-state index contributed by atoms with van der Waals surface area (Å²) in [6.45, 7) is 4.12. The number of para-hydroxylation sites is 1. The molecule has 0 bridgehead atoms. The third kappa shape index (κ3) is 4.23. The summed E-state index contributed by atoms with van der Waals surface area (Å²) in [5.74, 6) is 0.742. The molecular weight excluding hydrogens is 316 g/mol. The lowest BCUT2D eigenvalue weighted by Gasteiger charge is -2.11. The fourth-order valence-electron chi connectivity index (χ4n) is 2.42. The van der Waals surface area contributed by atoms with Gasteiger partial charge in [-0.25, -0.2) is 4.68 Å². The molecule has 1 aromatic heterocycles. The minimum absolute atomic E-state index is 0.0468. The number of ether oxygens (including phenoxy) is 1. The van der Waals surface area contributed by atoms with Crippen LogP contribution in [0.3, 0.4) is 0 Å². The largest absolute Gasteiger partial charge is 0.484 e. The summed E-state index contributed by atoms with van der Waals surface area (Å²) in [6, 6.07) is 16.7. The maximum atomic E-state index is 12.1. The molecule has 0 aliphatic carbocycles. The van der Waals surface area contributed by atoms with Gasteiger partial charge in [-0.2, -0.15) is 0 Å². The average molecular weight is 336 g/mol. The number of hydrogen-bond acceptors (Lipinski definition) is 4. The van der Waals surface area contributed by atoms with Gasteiger partial charge in [-0.15, -0.1) is 5.10 Å². The van der Waals surface area contributed by atoms with E-state index in [-0.39, 0.29) is 12.5 Å². The third-order valence-corrected chi connectivity index (χ3v) is 3.65. The fourth-order valence-corrected chi connectivity index (χ4v) is 2.42. The predicted molar refractivity (Wildman–Crippen MR) is 96.0 cm³/mol. The van der Waals surface area contributed by atoms with Gasteiger partial charge in [0.2, 0.25) is 0 Å². The van der Waals surface area contributed by atoms with Gasteiger partial charge in [-0.3, -0.25) is 4.79 Å². The molecule has 1 heterocycles. The Balaban J connectivity index is 1.67. The number of carbonyl (C=O) groups excluding carboxylic acids is 1. The molecule has 128 valence electrons. The Labute approximate surface area is 146 Å². The van der Waals surface area contributed by atoms with Crippen LogP contribution in [-0.2, 0) is 4.79 Å². The molecule has 0 spiro atoms. The van der Waals surface area contributed by atoms with Crippen molar-refractivity contribution in [1.82, 2.24) is 15.0 Å². The van der Waals surface area contributed by atoms with Crippen molar-refractivity contribution in [2.24, 2.45) is 0 Å². The highest BCUT2D eigenvalue weighted by Crippen LogP contribution is 2.20. The zero-order chi connectivity index (χ0) is 17.6. The van der Waals surface area contributed by atoms with Gasteiger partial charge in [0.25, 0.3) is 5.91 Å². The minimum Gasteiger partial charge on any atom is -0.484 e. The molecule has 2 aromatic carbocycles. The van der Waals surface area contributed by atoms with Crippen molar-refractivity contribution < 1.29 is 9.53 Å². The Bertz CT molecular complexity index is 843. The van der Waals surface area contributed by atoms with Gasteiger partial charge in [0.15, 0.2) is 6.61 Å². The van der Waals surface area contributed by atoms with E-state index in [1.807, 2.05) is 54.6 Å². The van der Waals surface area contributed by atoms with Crippen molar-refractivity contribution in [1.29, 1.82) is 0 Å². The lowest BCUT2D eigenvalue weighted by molar-refractivity contribution is -0.118. The Morgan fingerprint density at radius 3 is 2.72 bits per heavy atom. The Morgan fingerprint density at radius 2 is 1.96 bits per heavy atom. The number of nitrogens with zero attached hydrogens (tertiary/aromatic N) is 3. The van der Waals surface area contributed by atoms with Crippen molar-refractivity contribution in [2.45, 2.75) is 19.8 Å². The van der Waals surface area contributed by atoms with Gasteiger partial charge in [-0.1, -0.05) is 43.3 Å². The second kappa shape index (κ2) is 7.61. The summed E-state index contributed by atoms with van der Waals surface area (Å²) in [7, 11) is 0. The van der Waals surface area contributed by atoms with E-state index in [2.05, 4.69) is 29.5 Å². The number of anilines is 1. The van der Waals surface area contributed by atoms with Crippen LogP contribution in [0.5, 0.6) is 5.75 Å². The minimum atomic E-state index is -0.219. The first kappa shape index (κ1) is 16.7. The molecule has 0 saturated heterocycles. The van der Waals surface area contributed by atoms with Gasteiger partial charge >= 0.3 is 0 Å². The fraction of sp³-hybridized carbons (Fsp3) is 0.211. The van der Waals surface area contributed by atoms with Crippen LogP contribution in [0.4, 0.5) is 5.69 Å². The first-order valence-corrected chi connectivity index (χ1v) is 8.12. The maximum absolute atomic E-state index is 12.1. The summed E-state index contributed by atoms with van der Waals surface area (Å²) >= 11 is 0. The van der Waals surface area contributed by atoms with Gasteiger partial charge < -0.3 is 10.1 Å². The van der Waals surface area contributed by atoms with Crippen LogP contribution in [0.2, 0.25) is 0 Å². The molecule has 6 nitrogen and oxygen atoms in total. The van der Waals surface area contributed by atoms with Crippen molar-refractivity contribution in [3.05, 3.63) is 66.5 Å². The molecule has 25 heavy (non-hydrogen) atoms. The highest BCUT2D eigenvalue weighted by molar-refractivity contribution is 5.92. The second-order valence-corrected chi connectivity index (χ2v) is 5.93. The van der Waals surface area contributed by atoms with Crippen LogP contribution >= 0.6 is 0 Å². The van der Waals surface area contributed by atoms with Crippen LogP contribution in [0, 0.1) is 0 Å². The van der Waals surface area contributed by atoms with Crippen molar-refractivity contribution in [2.75, 3.05) is 11.9 Å². The lowest BCUT2D eigenvalue weighted by atomic mass is 10.1. The number of amides is 1. The van der Waals surface area contributed by atoms with Crippen LogP contribution in [0.15, 0.2) is 60.8 Å². The highest BCUT2D eigenvalue weighted by atomic mass is 16.5. The van der Waals surface area contributed by atoms with Crippen molar-refractivity contribution in [3.8, 4) is 11.4 Å². The molecule has 0 fully saturated rings. The van der Waals surface area contributed by atoms with E-state index >= 15 is 0 Å². The Hall–Kier alpha value is -3.15. The van der Waals surface area contributed by atoms with E-state index in [1.165, 1.54) is 0 Å². The van der Waals surface area contributed by atoms with E-state index < -0.39 is 0 Å². The first-order chi connectivity index (χ1) is 12.1. The van der Waals surface area contributed by atoms with Gasteiger partial charge in [0, 0.05) is 5.69 Å². The van der Waals surface area contributed by atoms with Crippen LogP contribution < -0.4 is 10.1 Å². The summed E-state index contributed by atoms with van der Waals surface area (Å²) in [4.78, 5) is 12.1. The number of hydrogen-bond donors (Lipinski definition) is 1. The van der Waals surface area contributed by atoms with E-state index in [9.17, 15) is 4.79 Å². The molecule has 0 unspecified atom stereocenters. The Kier molecular flexibility index (Phi) is 5.09. The highest BCUT2D eigenvalue weighted by Gasteiger charge is 2.11. The summed E-state index contributed by atoms with van der Waals surface area (Å²) in [5, 5.41) is 10.9. The molecule has 0 atom stereocenters. The molecular formula is C19H20N4O2. The van der Waals surface area contributed by atoms with Gasteiger partial charge in [0.1, 0.15) is 5.75 Å². The van der Waals surface area contributed by atoms with Gasteiger partial charge in [0.05, 0.1) is 17.6 Å². The summed E-state index contributed by atoms with van der Waals surface area (Å²) in [6.07, 6.45) is 1.75. The molecule has 0 aliphatic heterocycles. The molecule has 0 radical (unpaired) electrons. The quantitative estimate of drug-likeness (QED) is 0.749. The SMILES string of the molecule is CC(C)c1cnnn1-c1cccc(NC(=O)COc2ccccc2)c1. The van der Waals surface area contributed by atoms with E-state index in [0.29, 0.717) is 17.4 Å². The molecule has 3 rings (SSSR count). The molecule has 1 N–H and O–H groups in total. The summed E-state index contributed by atoms with van der Waals surface area (Å²) in [5.41, 5.74) is 2.54. The Morgan fingerprint density at radius 1 is 1.16 bits per heavy atom. The molecule has 1 amide bonds. The van der Waals surface area contributed by atoms with Crippen LogP contribution in [-0.4, -0.2) is 27.5 Å². The van der Waals surface area contributed by atoms with Gasteiger partial charge in [-0.05, 0) is 36.2 Å². The van der Waals surface area contributed by atoms with Crippen LogP contribution in [0.1, 0.15) is 25.5 Å². The number of carbonyl (C=O) groups is 1. The summed E-state index contributed by atoms with van der Waals surface area (Å²) < 4.78 is 7.23. The van der Waals surface area contributed by atoms with Crippen molar-refractivity contribution >= 4 is 11.6 Å². The van der Waals surface area contributed by atoms with E-state index in [4.69, 9.17) is 4.74 Å². The average Bonchev–Trinajstić information content (AvgIpc) is 3.11. The second-order valence-electron chi connectivity index (χ2n) is 5.93. The lowest BCUT2D eigenvalue weighted by Crippen LogP contribution is -2.20. The normalized spacial score (nSPS) is 10.7. The molecule has 0 saturated carbocycles. The molecule has 0 aliphatic rings. The predicted octanol–water partition coefficient (Wildman–Crippen LogP) is 3.41. The number of benzene rings is 2. The first-order valence-electron chi connectivity index (χ1n) is 8.12. The maximum Gasteiger partial charge on any atom is 0.262 e. The topological polar surface area (TPSA) is 69.0 Å². The zero-order valence-corrected chi connectivity index (χ0v) is 14.2. The molecule has 3 aromatic rings. The number of aromatic nitrogens is 3. The number of nitrogens with one attached hydrogen (secondary N) is 1. The van der Waals surface area contributed by atoms with E-state index in [0.717, 1.165) is 11.4 Å². The third-order valence-electron chi connectivity index (χ3n) is 3.65. The monoisotopic (exact) mass is 336 g/mol. The number of rotatable bonds is 6. The van der Waals surface area contributed by atoms with Crippen molar-refractivity contribution in [3.63, 3.8) is 0 Å². The van der Waals surface area contributed by atoms with Crippen LogP contribution in [0.25, 0.3) is 5.69 Å². The zero-order valence-electron chi connectivity index (χ0n) is 14.2. The standard InChI is InChI=1S/C19H20N4O2/c1-14(2)18-12-20-22-23(18)16-8-6-7-15(11-16)21-19(24)13-25-17-9-4-3-5-10-17/h3-12,14H,13H2,1-2H3,(H,21,24).